The Labute approximate surface area is 300 Å². The molecule has 21 nitrogen and oxygen atoms in total. The third-order valence-electron chi connectivity index (χ3n) is 2.39. The topological polar surface area (TPSA) is 423 Å². The summed E-state index contributed by atoms with van der Waals surface area (Å²) in [5, 5.41) is 121. The molecule has 7 atom stereocenters. The van der Waals surface area contributed by atoms with E-state index in [0.29, 0.717) is 0 Å². The number of hydrogen-bond acceptors (Lipinski definition) is 21. The first-order valence-corrected chi connectivity index (χ1v) is 10.7. The van der Waals surface area contributed by atoms with Crippen LogP contribution in [0.2, 0.25) is 0 Å². The van der Waals surface area contributed by atoms with Crippen molar-refractivity contribution >= 4 is 76.5 Å². The van der Waals surface area contributed by atoms with E-state index in [9.17, 15) is 69.3 Å². The van der Waals surface area contributed by atoms with E-state index in [0.717, 1.165) is 48.5 Å². The Morgan fingerprint density at radius 3 is 0.333 bits per heavy atom. The van der Waals surface area contributed by atoms with Crippen molar-refractivity contribution < 1.29 is 135 Å². The van der Waals surface area contributed by atoms with Crippen LogP contribution < -0.4 is 65.3 Å². The Hall–Kier alpha value is -1.93. The Bertz CT molecular complexity index is 595. The van der Waals surface area contributed by atoms with Crippen molar-refractivity contribution in [3.8, 4) is 0 Å². The molecule has 0 aliphatic rings. The minimum absolute atomic E-state index is 0. The maximum absolute atomic E-state index is 9.34. The van der Waals surface area contributed by atoms with Gasteiger partial charge in [-0.2, -0.15) is 0 Å². The van der Waals surface area contributed by atoms with Crippen LogP contribution in [0, 0.1) is 0 Å². The molecular formula is C21H35Al2NaO21. The smallest absolute Gasteiger partial charge is 0.547 e. The van der Waals surface area contributed by atoms with Gasteiger partial charge in [-0.05, 0) is 48.5 Å². The number of aliphatic hydroxyl groups is 7. The van der Waals surface area contributed by atoms with Gasteiger partial charge >= 0.3 is 64.3 Å². The Balaban J connectivity index is -0.0000000393. The molecule has 0 bridgehead atoms. The SMILES string of the molecule is CC(O)C(=O)[O-].CC(O)C(=O)[O-].CC(O)C(=O)[O-].CC(O)C(=O)[O-].CC(O)C(=O)[O-].CC(O)C(=O)[O-].CC(O)C(=O)[O-].[Al+3].[Al+3].[Na+]. The molecule has 0 heterocycles. The molecule has 0 aliphatic heterocycles. The van der Waals surface area contributed by atoms with Crippen LogP contribution in [0.1, 0.15) is 48.5 Å². The maximum Gasteiger partial charge on any atom is 3.00 e. The minimum Gasteiger partial charge on any atom is -0.547 e. The van der Waals surface area contributed by atoms with Gasteiger partial charge in [0.05, 0.1) is 84.5 Å². The van der Waals surface area contributed by atoms with Gasteiger partial charge in [0.15, 0.2) is 0 Å². The average Bonchev–Trinajstić information content (AvgIpc) is 2.80. The molecule has 45 heavy (non-hydrogen) atoms. The van der Waals surface area contributed by atoms with Crippen LogP contribution in [-0.4, -0.2) is 155 Å². The molecule has 7 unspecified atom stereocenters. The van der Waals surface area contributed by atoms with Gasteiger partial charge < -0.3 is 105 Å². The van der Waals surface area contributed by atoms with Crippen molar-refractivity contribution in [1.29, 1.82) is 0 Å². The van der Waals surface area contributed by atoms with Gasteiger partial charge in [-0.25, -0.2) is 0 Å². The fourth-order valence-corrected chi connectivity index (χ4v) is 0. The summed E-state index contributed by atoms with van der Waals surface area (Å²) in [5.41, 5.74) is 0. The molecule has 0 rings (SSSR count). The number of carboxylic acid groups (broad SMARTS) is 7. The van der Waals surface area contributed by atoms with Crippen molar-refractivity contribution in [2.45, 2.75) is 91.2 Å². The van der Waals surface area contributed by atoms with Gasteiger partial charge in [-0.15, -0.1) is 0 Å². The summed E-state index contributed by atoms with van der Waals surface area (Å²) in [6, 6.07) is 0. The third kappa shape index (κ3) is 99.4. The van der Waals surface area contributed by atoms with Crippen LogP contribution in [0.3, 0.4) is 0 Å². The first kappa shape index (κ1) is 69.7. The largest absolute Gasteiger partial charge is 3.00 e. The van der Waals surface area contributed by atoms with Crippen LogP contribution in [0.4, 0.5) is 0 Å². The molecule has 0 saturated carbocycles. The number of carbonyl (C=O) groups excluding carboxylic acids is 7. The predicted octanol–water partition coefficient (Wildman–Crippen LogP) is -16.9. The summed E-state index contributed by atoms with van der Waals surface area (Å²) >= 11 is 0. The first-order chi connectivity index (χ1) is 18.5. The first-order valence-electron chi connectivity index (χ1n) is 10.7. The second kappa shape index (κ2) is 44.2. The van der Waals surface area contributed by atoms with Crippen LogP contribution >= 0.6 is 0 Å². The second-order valence-corrected chi connectivity index (χ2v) is 6.97. The van der Waals surface area contributed by atoms with Gasteiger partial charge in [0.1, 0.15) is 0 Å². The quantitative estimate of drug-likeness (QED) is 0.121. The zero-order valence-corrected chi connectivity index (χ0v) is 29.9. The number of aliphatic hydroxyl groups excluding tert-OH is 7. The van der Waals surface area contributed by atoms with Gasteiger partial charge in [-0.3, -0.25) is 0 Å². The van der Waals surface area contributed by atoms with E-state index in [1.165, 1.54) is 0 Å². The standard InChI is InChI=1S/7C3H6O3.2Al.Na/c7*1-2(4)3(5)6;;;/h7*2,4H,1H3,(H,5,6);;;/q;;;;;;;2*+3;+1/p-7. The summed E-state index contributed by atoms with van der Waals surface area (Å²) in [4.78, 5) is 65.4. The maximum atomic E-state index is 9.34. The van der Waals surface area contributed by atoms with E-state index in [2.05, 4.69) is 0 Å². The van der Waals surface area contributed by atoms with Crippen molar-refractivity contribution in [3.05, 3.63) is 0 Å². The fourth-order valence-electron chi connectivity index (χ4n) is 0. The zero-order valence-electron chi connectivity index (χ0n) is 25.5. The molecular weight excluding hydrogens is 665 g/mol. The number of hydrogen-bond donors (Lipinski definition) is 7. The Morgan fingerprint density at radius 1 is 0.311 bits per heavy atom. The number of carbonyl (C=O) groups is 7. The zero-order chi connectivity index (χ0) is 36.1. The van der Waals surface area contributed by atoms with E-state index in [1.54, 1.807) is 0 Å². The van der Waals surface area contributed by atoms with E-state index < -0.39 is 84.5 Å². The summed E-state index contributed by atoms with van der Waals surface area (Å²) < 4.78 is 0. The van der Waals surface area contributed by atoms with Crippen LogP contribution in [-0.2, 0) is 33.6 Å². The molecule has 0 radical (unpaired) electrons. The minimum atomic E-state index is -1.44. The summed E-state index contributed by atoms with van der Waals surface area (Å²) in [7, 11) is 0. The number of rotatable bonds is 7. The molecule has 0 spiro atoms. The summed E-state index contributed by atoms with van der Waals surface area (Å²) in [6.07, 6.45) is -9.40. The van der Waals surface area contributed by atoms with Gasteiger partial charge in [0.2, 0.25) is 0 Å². The van der Waals surface area contributed by atoms with Crippen molar-refractivity contribution in [2.75, 3.05) is 0 Å². The second-order valence-electron chi connectivity index (χ2n) is 6.97. The van der Waals surface area contributed by atoms with Gasteiger partial charge in [0.25, 0.3) is 0 Å². The number of aliphatic carboxylic acids is 7. The van der Waals surface area contributed by atoms with Gasteiger partial charge in [0, 0.05) is 0 Å². The Morgan fingerprint density at radius 2 is 0.333 bits per heavy atom. The van der Waals surface area contributed by atoms with E-state index in [-0.39, 0.29) is 64.3 Å². The molecule has 0 aliphatic carbocycles. The van der Waals surface area contributed by atoms with Crippen molar-refractivity contribution in [2.24, 2.45) is 0 Å². The molecule has 0 amide bonds. The fraction of sp³-hybridized carbons (Fsp3) is 0.667. The van der Waals surface area contributed by atoms with Crippen LogP contribution in [0.25, 0.3) is 0 Å². The van der Waals surface area contributed by atoms with E-state index in [4.69, 9.17) is 35.7 Å². The number of carboxylic acids is 7. The third-order valence-corrected chi connectivity index (χ3v) is 2.39. The molecule has 0 fully saturated rings. The van der Waals surface area contributed by atoms with E-state index in [1.807, 2.05) is 0 Å². The van der Waals surface area contributed by atoms with Crippen molar-refractivity contribution in [1.82, 2.24) is 0 Å². The molecule has 7 N–H and O–H groups in total. The average molecular weight is 700 g/mol. The molecule has 0 saturated heterocycles. The van der Waals surface area contributed by atoms with Gasteiger partial charge in [-0.1, -0.05) is 0 Å². The van der Waals surface area contributed by atoms with Crippen LogP contribution in [0.15, 0.2) is 0 Å². The molecule has 0 aromatic heterocycles. The summed E-state index contributed by atoms with van der Waals surface area (Å²) in [5.74, 6) is -10.0. The molecule has 0 aromatic carbocycles. The monoisotopic (exact) mass is 700 g/mol. The van der Waals surface area contributed by atoms with Crippen molar-refractivity contribution in [3.63, 3.8) is 0 Å². The molecule has 0 aromatic rings. The normalized spacial score (nSPS) is 12.8. The molecule has 252 valence electrons. The van der Waals surface area contributed by atoms with E-state index >= 15 is 0 Å². The Kier molecular flexibility index (Phi) is 68.5. The molecule has 24 heteroatoms. The summed E-state index contributed by atoms with van der Waals surface area (Å²) in [6.45, 7) is 7.94. The predicted molar refractivity (Wildman–Crippen MR) is 128 cm³/mol. The van der Waals surface area contributed by atoms with Crippen LogP contribution in [0.5, 0.6) is 0 Å².